The SMILES string of the molecule is CCNNCCC1(C#N)NCCC1=O.O=C(O)C(F)(F)F. The van der Waals surface area contributed by atoms with Gasteiger partial charge in [0, 0.05) is 32.5 Å². The number of carboxylic acid groups (broad SMARTS) is 1. The van der Waals surface area contributed by atoms with Gasteiger partial charge in [0.2, 0.25) is 0 Å². The lowest BCUT2D eigenvalue weighted by Gasteiger charge is -2.19. The summed E-state index contributed by atoms with van der Waals surface area (Å²) in [6.45, 7) is 4.03. The molecule has 120 valence electrons. The average Bonchev–Trinajstić information content (AvgIpc) is 2.76. The minimum Gasteiger partial charge on any atom is -0.475 e. The van der Waals surface area contributed by atoms with Crippen LogP contribution in [-0.2, 0) is 9.59 Å². The Morgan fingerprint density at radius 2 is 2.10 bits per heavy atom. The first kappa shape index (κ1) is 19.3. The van der Waals surface area contributed by atoms with E-state index in [4.69, 9.17) is 15.2 Å². The van der Waals surface area contributed by atoms with E-state index in [1.807, 2.05) is 6.92 Å². The minimum absolute atomic E-state index is 0.0123. The Morgan fingerprint density at radius 1 is 1.52 bits per heavy atom. The molecule has 0 spiro atoms. The van der Waals surface area contributed by atoms with Crippen LogP contribution in [0.25, 0.3) is 0 Å². The highest BCUT2D eigenvalue weighted by Crippen LogP contribution is 2.17. The molecule has 0 bridgehead atoms. The number of Topliss-reactive ketones (excluding diaryl/α,β-unsaturated/α-hetero) is 1. The van der Waals surface area contributed by atoms with Crippen LogP contribution in [0.5, 0.6) is 0 Å². The third-order valence-corrected chi connectivity index (χ3v) is 2.61. The highest BCUT2D eigenvalue weighted by molar-refractivity contribution is 5.93. The summed E-state index contributed by atoms with van der Waals surface area (Å²) in [5.41, 5.74) is 4.94. The molecule has 0 saturated carbocycles. The second-order valence-electron chi connectivity index (χ2n) is 4.13. The maximum atomic E-state index is 11.5. The zero-order valence-electron chi connectivity index (χ0n) is 11.4. The largest absolute Gasteiger partial charge is 0.490 e. The van der Waals surface area contributed by atoms with Gasteiger partial charge in [0.15, 0.2) is 11.3 Å². The van der Waals surface area contributed by atoms with E-state index < -0.39 is 17.7 Å². The summed E-state index contributed by atoms with van der Waals surface area (Å²) in [6, 6.07) is 2.08. The molecule has 1 fully saturated rings. The number of ketones is 1. The van der Waals surface area contributed by atoms with E-state index in [-0.39, 0.29) is 5.78 Å². The van der Waals surface area contributed by atoms with Crippen LogP contribution in [0, 0.1) is 11.3 Å². The van der Waals surface area contributed by atoms with Crippen molar-refractivity contribution in [1.82, 2.24) is 16.2 Å². The Morgan fingerprint density at radius 3 is 2.43 bits per heavy atom. The van der Waals surface area contributed by atoms with Gasteiger partial charge in [-0.3, -0.25) is 21.0 Å². The van der Waals surface area contributed by atoms with Gasteiger partial charge >= 0.3 is 12.1 Å². The number of nitrogens with zero attached hydrogens (tertiary/aromatic N) is 1. The third kappa shape index (κ3) is 6.52. The van der Waals surface area contributed by atoms with Gasteiger partial charge in [0.05, 0.1) is 6.07 Å². The number of carboxylic acids is 1. The quantitative estimate of drug-likeness (QED) is 0.416. The molecule has 1 saturated heterocycles. The molecule has 1 unspecified atom stereocenters. The Kier molecular flexibility index (Phi) is 7.86. The summed E-state index contributed by atoms with van der Waals surface area (Å²) < 4.78 is 31.7. The number of nitrogens with one attached hydrogen (secondary N) is 3. The molecule has 0 aromatic heterocycles. The number of hydrazine groups is 1. The molecule has 1 aliphatic heterocycles. The lowest BCUT2D eigenvalue weighted by molar-refractivity contribution is -0.192. The molecule has 21 heavy (non-hydrogen) atoms. The van der Waals surface area contributed by atoms with Crippen molar-refractivity contribution in [3.63, 3.8) is 0 Å². The van der Waals surface area contributed by atoms with Crippen molar-refractivity contribution in [2.24, 2.45) is 0 Å². The fraction of sp³-hybridized carbons (Fsp3) is 0.727. The van der Waals surface area contributed by atoms with Crippen molar-refractivity contribution in [2.75, 3.05) is 19.6 Å². The fourth-order valence-corrected chi connectivity index (χ4v) is 1.55. The van der Waals surface area contributed by atoms with E-state index in [0.717, 1.165) is 6.54 Å². The summed E-state index contributed by atoms with van der Waals surface area (Å²) in [4.78, 5) is 20.4. The van der Waals surface area contributed by atoms with Crippen molar-refractivity contribution in [1.29, 1.82) is 5.26 Å². The van der Waals surface area contributed by atoms with Crippen LogP contribution in [0.4, 0.5) is 13.2 Å². The number of rotatable bonds is 5. The monoisotopic (exact) mass is 310 g/mol. The highest BCUT2D eigenvalue weighted by atomic mass is 19.4. The van der Waals surface area contributed by atoms with E-state index in [1.165, 1.54) is 0 Å². The number of carbonyl (C=O) groups is 2. The minimum atomic E-state index is -5.08. The van der Waals surface area contributed by atoms with E-state index >= 15 is 0 Å². The number of aliphatic carboxylic acids is 1. The zero-order valence-corrected chi connectivity index (χ0v) is 11.4. The predicted octanol–water partition coefficient (Wildman–Crippen LogP) is -0.0513. The number of halogens is 3. The molecule has 1 heterocycles. The van der Waals surface area contributed by atoms with Crippen molar-refractivity contribution >= 4 is 11.8 Å². The number of hydrogen-bond donors (Lipinski definition) is 4. The van der Waals surface area contributed by atoms with Crippen LogP contribution < -0.4 is 16.2 Å². The van der Waals surface area contributed by atoms with Gasteiger partial charge in [-0.2, -0.15) is 18.4 Å². The van der Waals surface area contributed by atoms with Crippen LogP contribution in [0.15, 0.2) is 0 Å². The molecule has 0 aliphatic carbocycles. The molecule has 1 rings (SSSR count). The van der Waals surface area contributed by atoms with E-state index in [0.29, 0.717) is 25.9 Å². The molecular formula is C11H17F3N4O3. The normalized spacial score (nSPS) is 21.4. The lowest BCUT2D eigenvalue weighted by atomic mass is 9.94. The Balaban J connectivity index is 0.000000486. The van der Waals surface area contributed by atoms with Gasteiger partial charge in [-0.05, 0) is 0 Å². The first-order valence-corrected chi connectivity index (χ1v) is 6.15. The summed E-state index contributed by atoms with van der Waals surface area (Å²) >= 11 is 0. The van der Waals surface area contributed by atoms with Crippen molar-refractivity contribution < 1.29 is 27.9 Å². The summed E-state index contributed by atoms with van der Waals surface area (Å²) in [5.74, 6) is -2.74. The smallest absolute Gasteiger partial charge is 0.475 e. The van der Waals surface area contributed by atoms with Gasteiger partial charge in [-0.25, -0.2) is 4.79 Å². The van der Waals surface area contributed by atoms with Gasteiger partial charge < -0.3 is 5.11 Å². The highest BCUT2D eigenvalue weighted by Gasteiger charge is 2.41. The summed E-state index contributed by atoms with van der Waals surface area (Å²) in [6.07, 6.45) is -4.11. The number of nitriles is 1. The Labute approximate surface area is 119 Å². The predicted molar refractivity (Wildman–Crippen MR) is 66.0 cm³/mol. The molecule has 4 N–H and O–H groups in total. The van der Waals surface area contributed by atoms with E-state index in [9.17, 15) is 18.0 Å². The maximum Gasteiger partial charge on any atom is 0.490 e. The van der Waals surface area contributed by atoms with Crippen LogP contribution in [-0.4, -0.2) is 48.2 Å². The zero-order chi connectivity index (χ0) is 16.5. The molecule has 1 atom stereocenters. The summed E-state index contributed by atoms with van der Waals surface area (Å²) in [7, 11) is 0. The average molecular weight is 310 g/mol. The van der Waals surface area contributed by atoms with Crippen LogP contribution in [0.2, 0.25) is 0 Å². The van der Waals surface area contributed by atoms with E-state index in [1.54, 1.807) is 0 Å². The summed E-state index contributed by atoms with van der Waals surface area (Å²) in [5, 5.41) is 19.1. The third-order valence-electron chi connectivity index (χ3n) is 2.61. The fourth-order valence-electron chi connectivity index (χ4n) is 1.55. The van der Waals surface area contributed by atoms with Gasteiger partial charge in [-0.15, -0.1) is 0 Å². The van der Waals surface area contributed by atoms with Crippen LogP contribution in [0.3, 0.4) is 0 Å². The topological polar surface area (TPSA) is 114 Å². The molecule has 7 nitrogen and oxygen atoms in total. The van der Waals surface area contributed by atoms with Crippen molar-refractivity contribution in [3.8, 4) is 6.07 Å². The van der Waals surface area contributed by atoms with Gasteiger partial charge in [0.25, 0.3) is 0 Å². The molecule has 0 radical (unpaired) electrons. The Bertz CT molecular complexity index is 408. The first-order chi connectivity index (χ1) is 9.69. The van der Waals surface area contributed by atoms with Crippen molar-refractivity contribution in [2.45, 2.75) is 31.5 Å². The van der Waals surface area contributed by atoms with Crippen molar-refractivity contribution in [3.05, 3.63) is 0 Å². The van der Waals surface area contributed by atoms with Gasteiger partial charge in [-0.1, -0.05) is 6.92 Å². The molecule has 0 aromatic carbocycles. The molecule has 0 amide bonds. The van der Waals surface area contributed by atoms with Crippen LogP contribution >= 0.6 is 0 Å². The first-order valence-electron chi connectivity index (χ1n) is 6.15. The molecular weight excluding hydrogens is 293 g/mol. The Hall–Kier alpha value is -1.70. The van der Waals surface area contributed by atoms with Gasteiger partial charge in [0.1, 0.15) is 0 Å². The second-order valence-corrected chi connectivity index (χ2v) is 4.13. The second kappa shape index (κ2) is 8.56. The number of carbonyl (C=O) groups excluding carboxylic acids is 1. The van der Waals surface area contributed by atoms with Crippen LogP contribution in [0.1, 0.15) is 19.8 Å². The van der Waals surface area contributed by atoms with E-state index in [2.05, 4.69) is 22.2 Å². The maximum absolute atomic E-state index is 11.5. The standard InChI is InChI=1S/C9H16N4O.C2HF3O2/c1-2-12-13-6-4-9(7-10)8(14)3-5-11-9;3-2(4,5)1(6)7/h11-13H,2-6H2,1H3;(H,6,7). The number of alkyl halides is 3. The lowest BCUT2D eigenvalue weighted by Crippen LogP contribution is -2.47. The molecule has 1 aliphatic rings. The molecule has 10 heteroatoms. The number of hydrogen-bond acceptors (Lipinski definition) is 6. The molecule has 0 aromatic rings.